The number of rotatable bonds is 10. The van der Waals surface area contributed by atoms with E-state index in [9.17, 15) is 0 Å². The summed E-state index contributed by atoms with van der Waals surface area (Å²) < 4.78 is 16.1. The van der Waals surface area contributed by atoms with Crippen LogP contribution in [-0.4, -0.2) is 40.1 Å². The van der Waals surface area contributed by atoms with E-state index in [-0.39, 0.29) is 0 Å². The average Bonchev–Trinajstić information content (AvgIpc) is 2.42. The molecule has 0 bridgehead atoms. The molecule has 0 spiro atoms. The predicted octanol–water partition coefficient (Wildman–Crippen LogP) is 2.15. The molecule has 108 valence electrons. The van der Waals surface area contributed by atoms with Gasteiger partial charge in [0.2, 0.25) is 0 Å². The molecule has 19 heavy (non-hydrogen) atoms. The van der Waals surface area contributed by atoms with Gasteiger partial charge in [-0.15, -0.1) is 0 Å². The fourth-order valence-electron chi connectivity index (χ4n) is 1.80. The van der Waals surface area contributed by atoms with Crippen molar-refractivity contribution in [1.82, 2.24) is 5.32 Å². The third kappa shape index (κ3) is 6.05. The third-order valence-electron chi connectivity index (χ3n) is 2.77. The Balaban J connectivity index is 2.51. The van der Waals surface area contributed by atoms with E-state index >= 15 is 0 Å². The van der Waals surface area contributed by atoms with Crippen molar-refractivity contribution in [3.63, 3.8) is 0 Å². The predicted molar refractivity (Wildman–Crippen MR) is 76.7 cm³/mol. The SMILES string of the molecule is CCOCCOc1c(C)cccc1CNCCOC. The Kier molecular flexibility index (Phi) is 8.21. The van der Waals surface area contributed by atoms with Gasteiger partial charge in [0, 0.05) is 32.4 Å². The summed E-state index contributed by atoms with van der Waals surface area (Å²) in [5, 5.41) is 3.34. The lowest BCUT2D eigenvalue weighted by Crippen LogP contribution is -2.19. The molecule has 0 radical (unpaired) electrons. The van der Waals surface area contributed by atoms with Gasteiger partial charge in [0.25, 0.3) is 0 Å². The summed E-state index contributed by atoms with van der Waals surface area (Å²) in [5.74, 6) is 0.965. The van der Waals surface area contributed by atoms with Gasteiger partial charge in [-0.1, -0.05) is 18.2 Å². The van der Waals surface area contributed by atoms with E-state index in [1.54, 1.807) is 7.11 Å². The van der Waals surface area contributed by atoms with Crippen molar-refractivity contribution in [2.24, 2.45) is 0 Å². The Morgan fingerprint density at radius 1 is 1.16 bits per heavy atom. The summed E-state index contributed by atoms with van der Waals surface area (Å²) >= 11 is 0. The number of methoxy groups -OCH3 is 1. The van der Waals surface area contributed by atoms with Gasteiger partial charge in [-0.05, 0) is 19.4 Å². The van der Waals surface area contributed by atoms with Gasteiger partial charge in [-0.25, -0.2) is 0 Å². The smallest absolute Gasteiger partial charge is 0.126 e. The van der Waals surface area contributed by atoms with Crippen LogP contribution in [0.3, 0.4) is 0 Å². The van der Waals surface area contributed by atoms with E-state index in [2.05, 4.69) is 30.4 Å². The highest BCUT2D eigenvalue weighted by atomic mass is 16.5. The number of ether oxygens (including phenoxy) is 3. The Morgan fingerprint density at radius 2 is 2.00 bits per heavy atom. The molecule has 0 amide bonds. The van der Waals surface area contributed by atoms with Crippen LogP contribution >= 0.6 is 0 Å². The zero-order valence-corrected chi connectivity index (χ0v) is 12.2. The topological polar surface area (TPSA) is 39.7 Å². The van der Waals surface area contributed by atoms with E-state index in [0.29, 0.717) is 19.8 Å². The molecule has 0 saturated carbocycles. The van der Waals surface area contributed by atoms with Gasteiger partial charge in [0.1, 0.15) is 12.4 Å². The molecule has 1 aromatic carbocycles. The molecule has 0 aromatic heterocycles. The number of aryl methyl sites for hydroxylation is 1. The van der Waals surface area contributed by atoms with Gasteiger partial charge in [0.05, 0.1) is 13.2 Å². The van der Waals surface area contributed by atoms with Crippen molar-refractivity contribution in [3.05, 3.63) is 29.3 Å². The van der Waals surface area contributed by atoms with Crippen LogP contribution in [0, 0.1) is 6.92 Å². The quantitative estimate of drug-likeness (QED) is 0.659. The average molecular weight is 267 g/mol. The first-order valence-corrected chi connectivity index (χ1v) is 6.78. The van der Waals surface area contributed by atoms with Crippen LogP contribution in [0.15, 0.2) is 18.2 Å². The molecule has 0 aliphatic rings. The van der Waals surface area contributed by atoms with E-state index in [1.807, 2.05) is 6.92 Å². The minimum Gasteiger partial charge on any atom is -0.491 e. The standard InChI is InChI=1S/C15H25NO3/c1-4-18-10-11-19-15-13(2)6-5-7-14(15)12-16-8-9-17-3/h5-7,16H,4,8-12H2,1-3H3. The maximum atomic E-state index is 5.83. The van der Waals surface area contributed by atoms with Crippen LogP contribution in [0.1, 0.15) is 18.1 Å². The molecule has 0 unspecified atom stereocenters. The van der Waals surface area contributed by atoms with Crippen LogP contribution in [0.2, 0.25) is 0 Å². The second-order valence-corrected chi connectivity index (χ2v) is 4.28. The molecule has 0 aliphatic heterocycles. The largest absolute Gasteiger partial charge is 0.491 e. The Labute approximate surface area is 116 Å². The van der Waals surface area contributed by atoms with Crippen LogP contribution in [-0.2, 0) is 16.0 Å². The number of hydrogen-bond donors (Lipinski definition) is 1. The molecule has 0 heterocycles. The molecule has 1 aromatic rings. The Morgan fingerprint density at radius 3 is 2.74 bits per heavy atom. The van der Waals surface area contributed by atoms with Gasteiger partial charge in [-0.3, -0.25) is 0 Å². The zero-order chi connectivity index (χ0) is 13.9. The maximum absolute atomic E-state index is 5.83. The molecular weight excluding hydrogens is 242 g/mol. The summed E-state index contributed by atoms with van der Waals surface area (Å²) in [6.07, 6.45) is 0. The number of para-hydroxylation sites is 1. The van der Waals surface area contributed by atoms with E-state index < -0.39 is 0 Å². The first-order valence-electron chi connectivity index (χ1n) is 6.78. The Hall–Kier alpha value is -1.10. The van der Waals surface area contributed by atoms with E-state index in [4.69, 9.17) is 14.2 Å². The van der Waals surface area contributed by atoms with Crippen LogP contribution in [0.25, 0.3) is 0 Å². The number of hydrogen-bond acceptors (Lipinski definition) is 4. The van der Waals surface area contributed by atoms with Crippen molar-refractivity contribution < 1.29 is 14.2 Å². The second kappa shape index (κ2) is 9.78. The van der Waals surface area contributed by atoms with Crippen LogP contribution in [0.4, 0.5) is 0 Å². The second-order valence-electron chi connectivity index (χ2n) is 4.28. The van der Waals surface area contributed by atoms with E-state index in [0.717, 1.165) is 31.0 Å². The lowest BCUT2D eigenvalue weighted by atomic mass is 10.1. The highest BCUT2D eigenvalue weighted by Gasteiger charge is 2.06. The molecule has 4 nitrogen and oxygen atoms in total. The lowest BCUT2D eigenvalue weighted by Gasteiger charge is -2.14. The van der Waals surface area contributed by atoms with Crippen molar-refractivity contribution in [2.75, 3.05) is 40.1 Å². The van der Waals surface area contributed by atoms with Gasteiger partial charge < -0.3 is 19.5 Å². The third-order valence-corrected chi connectivity index (χ3v) is 2.77. The summed E-state index contributed by atoms with van der Waals surface area (Å²) in [4.78, 5) is 0. The summed E-state index contributed by atoms with van der Waals surface area (Å²) in [6.45, 7) is 8.32. The maximum Gasteiger partial charge on any atom is 0.126 e. The molecule has 0 fully saturated rings. The Bertz CT molecular complexity index is 355. The van der Waals surface area contributed by atoms with Crippen LogP contribution < -0.4 is 10.1 Å². The molecule has 0 atom stereocenters. The van der Waals surface area contributed by atoms with Crippen molar-refractivity contribution >= 4 is 0 Å². The molecule has 4 heteroatoms. The van der Waals surface area contributed by atoms with Gasteiger partial charge >= 0.3 is 0 Å². The number of benzene rings is 1. The molecule has 0 saturated heterocycles. The van der Waals surface area contributed by atoms with E-state index in [1.165, 1.54) is 5.56 Å². The minimum atomic E-state index is 0.587. The monoisotopic (exact) mass is 267 g/mol. The summed E-state index contributed by atoms with van der Waals surface area (Å²) in [5.41, 5.74) is 2.33. The fraction of sp³-hybridized carbons (Fsp3) is 0.600. The zero-order valence-electron chi connectivity index (χ0n) is 12.2. The molecule has 1 rings (SSSR count). The highest BCUT2D eigenvalue weighted by molar-refractivity contribution is 5.40. The molecule has 1 N–H and O–H groups in total. The molecular formula is C15H25NO3. The van der Waals surface area contributed by atoms with Crippen molar-refractivity contribution in [3.8, 4) is 5.75 Å². The van der Waals surface area contributed by atoms with Gasteiger partial charge in [-0.2, -0.15) is 0 Å². The van der Waals surface area contributed by atoms with Crippen molar-refractivity contribution in [1.29, 1.82) is 0 Å². The normalized spacial score (nSPS) is 10.7. The number of nitrogens with one attached hydrogen (secondary N) is 1. The van der Waals surface area contributed by atoms with Gasteiger partial charge in [0.15, 0.2) is 0 Å². The first-order chi connectivity index (χ1) is 9.29. The highest BCUT2D eigenvalue weighted by Crippen LogP contribution is 2.23. The van der Waals surface area contributed by atoms with Crippen LogP contribution in [0.5, 0.6) is 5.75 Å². The summed E-state index contributed by atoms with van der Waals surface area (Å²) in [6, 6.07) is 6.20. The fourth-order valence-corrected chi connectivity index (χ4v) is 1.80. The molecule has 0 aliphatic carbocycles. The first kappa shape index (κ1) is 16.0. The van der Waals surface area contributed by atoms with Crippen molar-refractivity contribution in [2.45, 2.75) is 20.4 Å². The summed E-state index contributed by atoms with van der Waals surface area (Å²) in [7, 11) is 1.70. The lowest BCUT2D eigenvalue weighted by molar-refractivity contribution is 0.109. The minimum absolute atomic E-state index is 0.587.